The molecule has 7 nitrogen and oxygen atoms in total. The molecule has 2 N–H and O–H groups in total. The molecular formula is C24H24N2O5S. The number of sulfonamides is 1. The van der Waals surface area contributed by atoms with Crippen LogP contribution in [-0.4, -0.2) is 26.7 Å². The van der Waals surface area contributed by atoms with Gasteiger partial charge in [0.15, 0.2) is 12.4 Å². The molecule has 0 spiro atoms. The number of ether oxygens (including phenoxy) is 1. The fourth-order valence-electron chi connectivity index (χ4n) is 2.87. The number of anilines is 2. The molecule has 3 rings (SSSR count). The first-order valence-electron chi connectivity index (χ1n) is 9.88. The standard InChI is InChI=1S/C24H24N2O5S/c1-16-4-7-21(14-17(16)2)26-32(29,30)23-12-8-20(9-13-23)25-24(28)15-31-22-10-5-19(6-11-22)18(3)27/h4-14,26H,15H2,1-3H3,(H,25,28). The summed E-state index contributed by atoms with van der Waals surface area (Å²) >= 11 is 0. The molecule has 0 heterocycles. The first-order chi connectivity index (χ1) is 15.1. The van der Waals surface area contributed by atoms with Gasteiger partial charge in [-0.3, -0.25) is 14.3 Å². The molecule has 0 radical (unpaired) electrons. The number of hydrogen-bond acceptors (Lipinski definition) is 5. The quantitative estimate of drug-likeness (QED) is 0.496. The average Bonchev–Trinajstić information content (AvgIpc) is 2.75. The van der Waals surface area contributed by atoms with E-state index in [0.717, 1.165) is 11.1 Å². The van der Waals surface area contributed by atoms with E-state index >= 15 is 0 Å². The molecule has 0 saturated heterocycles. The van der Waals surface area contributed by atoms with Gasteiger partial charge in [-0.1, -0.05) is 6.07 Å². The van der Waals surface area contributed by atoms with E-state index in [4.69, 9.17) is 4.74 Å². The molecule has 3 aromatic carbocycles. The van der Waals surface area contributed by atoms with Crippen LogP contribution in [-0.2, 0) is 14.8 Å². The number of carbonyl (C=O) groups excluding carboxylic acids is 2. The van der Waals surface area contributed by atoms with E-state index < -0.39 is 15.9 Å². The Bertz CT molecular complexity index is 1230. The molecule has 166 valence electrons. The predicted molar refractivity (Wildman–Crippen MR) is 124 cm³/mol. The van der Waals surface area contributed by atoms with E-state index in [-0.39, 0.29) is 17.3 Å². The second kappa shape index (κ2) is 9.65. The Morgan fingerprint density at radius 3 is 2.06 bits per heavy atom. The lowest BCUT2D eigenvalue weighted by atomic mass is 10.1. The van der Waals surface area contributed by atoms with Crippen molar-refractivity contribution in [1.29, 1.82) is 0 Å². The van der Waals surface area contributed by atoms with Crippen molar-refractivity contribution < 1.29 is 22.7 Å². The lowest BCUT2D eigenvalue weighted by Gasteiger charge is -2.11. The summed E-state index contributed by atoms with van der Waals surface area (Å²) in [5.74, 6) is 0.0115. The third kappa shape index (κ3) is 5.95. The van der Waals surface area contributed by atoms with Crippen molar-refractivity contribution in [1.82, 2.24) is 0 Å². The summed E-state index contributed by atoms with van der Waals surface area (Å²) in [7, 11) is -3.76. The third-order valence-corrected chi connectivity index (χ3v) is 6.24. The number of carbonyl (C=O) groups is 2. The Morgan fingerprint density at radius 2 is 1.47 bits per heavy atom. The number of nitrogens with one attached hydrogen (secondary N) is 2. The molecule has 0 aromatic heterocycles. The third-order valence-electron chi connectivity index (χ3n) is 4.84. The van der Waals surface area contributed by atoms with Crippen molar-refractivity contribution in [3.8, 4) is 5.75 Å². The molecule has 0 atom stereocenters. The van der Waals surface area contributed by atoms with Gasteiger partial charge in [-0.05, 0) is 92.6 Å². The molecular weight excluding hydrogens is 428 g/mol. The molecule has 8 heteroatoms. The van der Waals surface area contributed by atoms with E-state index in [1.54, 1.807) is 36.4 Å². The van der Waals surface area contributed by atoms with E-state index in [1.165, 1.54) is 31.2 Å². The molecule has 0 aliphatic carbocycles. The van der Waals surface area contributed by atoms with E-state index in [9.17, 15) is 18.0 Å². The van der Waals surface area contributed by atoms with Crippen molar-refractivity contribution >= 4 is 33.1 Å². The fourth-order valence-corrected chi connectivity index (χ4v) is 3.92. The Labute approximate surface area is 187 Å². The molecule has 1 amide bonds. The van der Waals surface area contributed by atoms with Crippen LogP contribution in [0, 0.1) is 13.8 Å². The highest BCUT2D eigenvalue weighted by Gasteiger charge is 2.15. The first-order valence-corrected chi connectivity index (χ1v) is 11.4. The normalized spacial score (nSPS) is 11.0. The zero-order chi connectivity index (χ0) is 23.3. The van der Waals surface area contributed by atoms with Crippen LogP contribution in [0.5, 0.6) is 5.75 Å². The number of amides is 1. The smallest absolute Gasteiger partial charge is 0.262 e. The monoisotopic (exact) mass is 452 g/mol. The largest absolute Gasteiger partial charge is 0.484 e. The van der Waals surface area contributed by atoms with Crippen molar-refractivity contribution in [2.75, 3.05) is 16.6 Å². The minimum atomic E-state index is -3.76. The highest BCUT2D eigenvalue weighted by atomic mass is 32.2. The maximum Gasteiger partial charge on any atom is 0.262 e. The average molecular weight is 453 g/mol. The number of hydrogen-bond donors (Lipinski definition) is 2. The molecule has 0 unspecified atom stereocenters. The van der Waals surface area contributed by atoms with Crippen LogP contribution >= 0.6 is 0 Å². The lowest BCUT2D eigenvalue weighted by Crippen LogP contribution is -2.20. The van der Waals surface area contributed by atoms with Gasteiger partial charge in [0.05, 0.1) is 4.90 Å². The number of ketones is 1. The minimum absolute atomic E-state index is 0.0519. The number of aryl methyl sites for hydroxylation is 2. The van der Waals surface area contributed by atoms with Gasteiger partial charge in [0.25, 0.3) is 15.9 Å². The summed E-state index contributed by atoms with van der Waals surface area (Å²) in [6.45, 7) is 5.11. The second-order valence-electron chi connectivity index (χ2n) is 7.35. The van der Waals surface area contributed by atoms with E-state index in [2.05, 4.69) is 10.0 Å². The van der Waals surface area contributed by atoms with Crippen LogP contribution in [0.4, 0.5) is 11.4 Å². The fraction of sp³-hybridized carbons (Fsp3) is 0.167. The van der Waals surface area contributed by atoms with Crippen molar-refractivity contribution in [2.45, 2.75) is 25.7 Å². The highest BCUT2D eigenvalue weighted by Crippen LogP contribution is 2.20. The molecule has 0 aliphatic heterocycles. The summed E-state index contributed by atoms with van der Waals surface area (Å²) in [5, 5.41) is 2.65. The highest BCUT2D eigenvalue weighted by molar-refractivity contribution is 7.92. The van der Waals surface area contributed by atoms with Crippen LogP contribution in [0.3, 0.4) is 0 Å². The summed E-state index contributed by atoms with van der Waals surface area (Å²) in [5.41, 5.74) is 3.55. The van der Waals surface area contributed by atoms with Crippen LogP contribution in [0.15, 0.2) is 71.6 Å². The topological polar surface area (TPSA) is 102 Å². The van der Waals surface area contributed by atoms with Crippen LogP contribution in [0.2, 0.25) is 0 Å². The van der Waals surface area contributed by atoms with Gasteiger partial charge >= 0.3 is 0 Å². The van der Waals surface area contributed by atoms with Gasteiger partial charge < -0.3 is 10.1 Å². The van der Waals surface area contributed by atoms with E-state index in [1.807, 2.05) is 19.9 Å². The Hall–Kier alpha value is -3.65. The van der Waals surface area contributed by atoms with Crippen LogP contribution in [0.25, 0.3) is 0 Å². The Balaban J connectivity index is 1.57. The van der Waals surface area contributed by atoms with Gasteiger partial charge in [-0.2, -0.15) is 0 Å². The molecule has 0 saturated carbocycles. The number of rotatable bonds is 8. The minimum Gasteiger partial charge on any atom is -0.484 e. The van der Waals surface area contributed by atoms with Gasteiger partial charge in [0.2, 0.25) is 0 Å². The second-order valence-corrected chi connectivity index (χ2v) is 9.03. The summed E-state index contributed by atoms with van der Waals surface area (Å²) in [6, 6.07) is 17.7. The number of Topliss-reactive ketones (excluding diaryl/α,β-unsaturated/α-hetero) is 1. The zero-order valence-corrected chi connectivity index (χ0v) is 18.8. The Kier molecular flexibility index (Phi) is 6.95. The van der Waals surface area contributed by atoms with Crippen LogP contribution in [0.1, 0.15) is 28.4 Å². The summed E-state index contributed by atoms with van der Waals surface area (Å²) in [4.78, 5) is 23.5. The zero-order valence-electron chi connectivity index (χ0n) is 18.0. The van der Waals surface area contributed by atoms with Crippen LogP contribution < -0.4 is 14.8 Å². The van der Waals surface area contributed by atoms with Crippen molar-refractivity contribution in [3.05, 3.63) is 83.4 Å². The summed E-state index contributed by atoms with van der Waals surface area (Å²) < 4.78 is 33.2. The maximum absolute atomic E-state index is 12.6. The molecule has 3 aromatic rings. The SMILES string of the molecule is CC(=O)c1ccc(OCC(=O)Nc2ccc(S(=O)(=O)Nc3ccc(C)c(C)c3)cc2)cc1. The molecule has 0 aliphatic rings. The van der Waals surface area contributed by atoms with Crippen molar-refractivity contribution in [2.24, 2.45) is 0 Å². The molecule has 32 heavy (non-hydrogen) atoms. The Morgan fingerprint density at radius 1 is 0.844 bits per heavy atom. The number of benzene rings is 3. The summed E-state index contributed by atoms with van der Waals surface area (Å²) in [6.07, 6.45) is 0. The van der Waals surface area contributed by atoms with Gasteiger partial charge in [-0.25, -0.2) is 8.42 Å². The molecule has 0 bridgehead atoms. The predicted octanol–water partition coefficient (Wildman–Crippen LogP) is 4.32. The van der Waals surface area contributed by atoms with E-state index in [0.29, 0.717) is 22.7 Å². The maximum atomic E-state index is 12.6. The van der Waals surface area contributed by atoms with Gasteiger partial charge in [0, 0.05) is 16.9 Å². The molecule has 0 fully saturated rings. The van der Waals surface area contributed by atoms with Gasteiger partial charge in [-0.15, -0.1) is 0 Å². The van der Waals surface area contributed by atoms with Gasteiger partial charge in [0.1, 0.15) is 5.75 Å². The lowest BCUT2D eigenvalue weighted by molar-refractivity contribution is -0.118. The first kappa shape index (κ1) is 23.0. The van der Waals surface area contributed by atoms with Crippen molar-refractivity contribution in [3.63, 3.8) is 0 Å².